The topological polar surface area (TPSA) is 89.3 Å². The first-order valence-electron chi connectivity index (χ1n) is 8.02. The third-order valence-electron chi connectivity index (χ3n) is 4.77. The Labute approximate surface area is 147 Å². The molecule has 0 atom stereocenters. The quantitative estimate of drug-likeness (QED) is 0.629. The maximum atomic E-state index is 11.9. The second kappa shape index (κ2) is 6.15. The van der Waals surface area contributed by atoms with Crippen molar-refractivity contribution in [1.82, 2.24) is 0 Å². The third kappa shape index (κ3) is 3.37. The molecule has 0 radical (unpaired) electrons. The van der Waals surface area contributed by atoms with E-state index in [4.69, 9.17) is 0 Å². The Kier molecular flexibility index (Phi) is 4.28. The van der Waals surface area contributed by atoms with Gasteiger partial charge >= 0.3 is 5.69 Å². The molecule has 1 fully saturated rings. The molecule has 0 amide bonds. The number of hydrogen-bond acceptors (Lipinski definition) is 5. The number of nitro groups is 1. The summed E-state index contributed by atoms with van der Waals surface area (Å²) >= 11 is 0. The zero-order valence-corrected chi connectivity index (χ0v) is 15.0. The maximum absolute atomic E-state index is 11.9. The van der Waals surface area contributed by atoms with E-state index in [9.17, 15) is 18.5 Å². The Morgan fingerprint density at radius 2 is 1.84 bits per heavy atom. The van der Waals surface area contributed by atoms with E-state index in [1.165, 1.54) is 23.3 Å². The van der Waals surface area contributed by atoms with Crippen molar-refractivity contribution < 1.29 is 13.3 Å². The zero-order chi connectivity index (χ0) is 18.2. The predicted molar refractivity (Wildman–Crippen MR) is 96.8 cm³/mol. The summed E-state index contributed by atoms with van der Waals surface area (Å²) in [4.78, 5) is 10.6. The van der Waals surface area contributed by atoms with Crippen molar-refractivity contribution >= 4 is 21.2 Å². The molecule has 0 unspecified atom stereocenters. The molecule has 0 heterocycles. The summed E-state index contributed by atoms with van der Waals surface area (Å²) in [6.45, 7) is 2.59. The molecule has 0 bridgehead atoms. The highest BCUT2D eigenvalue weighted by Gasteiger charge is 2.45. The molecule has 132 valence electrons. The van der Waals surface area contributed by atoms with Crippen LogP contribution >= 0.6 is 0 Å². The zero-order valence-electron chi connectivity index (χ0n) is 14.2. The summed E-state index contributed by atoms with van der Waals surface area (Å²) in [5.41, 5.74) is 2.25. The molecule has 0 aromatic heterocycles. The van der Waals surface area contributed by atoms with E-state index in [2.05, 4.69) is 24.4 Å². The molecular formula is C18H20N2O4S. The lowest BCUT2D eigenvalue weighted by Crippen LogP contribution is -2.21. The summed E-state index contributed by atoms with van der Waals surface area (Å²) in [5.74, 6) is 0. The second-order valence-electron chi connectivity index (χ2n) is 6.63. The fourth-order valence-electron chi connectivity index (χ4n) is 3.28. The molecule has 2 aromatic rings. The molecule has 3 rings (SSSR count). The lowest BCUT2D eigenvalue weighted by molar-refractivity contribution is -0.386. The van der Waals surface area contributed by atoms with Gasteiger partial charge < -0.3 is 5.32 Å². The molecule has 25 heavy (non-hydrogen) atoms. The normalized spacial score (nSPS) is 15.6. The van der Waals surface area contributed by atoms with Gasteiger partial charge in [-0.2, -0.15) is 0 Å². The Morgan fingerprint density at radius 3 is 2.40 bits per heavy atom. The Bertz CT molecular complexity index is 934. The van der Waals surface area contributed by atoms with Crippen LogP contribution in [-0.2, 0) is 15.3 Å². The van der Waals surface area contributed by atoms with Crippen molar-refractivity contribution in [2.24, 2.45) is 0 Å². The van der Waals surface area contributed by atoms with Crippen LogP contribution in [0, 0.1) is 17.0 Å². The van der Waals surface area contributed by atoms with Gasteiger partial charge in [-0.05, 0) is 43.0 Å². The molecule has 0 aliphatic heterocycles. The molecule has 6 nitrogen and oxygen atoms in total. The number of aryl methyl sites for hydroxylation is 1. The van der Waals surface area contributed by atoms with Gasteiger partial charge in [-0.25, -0.2) is 8.42 Å². The van der Waals surface area contributed by atoms with Gasteiger partial charge in [-0.15, -0.1) is 0 Å². The SMILES string of the molecule is Cc1ccccc1C1(CNc2cccc(S(C)(=O)=O)c2[N+](=O)[O-])CC1. The maximum Gasteiger partial charge on any atom is 0.310 e. The minimum atomic E-state index is -3.68. The van der Waals surface area contributed by atoms with E-state index in [0.29, 0.717) is 6.54 Å². The lowest BCUT2D eigenvalue weighted by Gasteiger charge is -2.20. The highest BCUT2D eigenvalue weighted by molar-refractivity contribution is 7.90. The van der Waals surface area contributed by atoms with E-state index in [1.807, 2.05) is 12.1 Å². The highest BCUT2D eigenvalue weighted by atomic mass is 32.2. The standard InChI is InChI=1S/C18H20N2O4S/c1-13-6-3-4-7-14(13)18(10-11-18)12-19-15-8-5-9-16(25(2,23)24)17(15)20(21)22/h3-9,19H,10-12H2,1-2H3. The van der Waals surface area contributed by atoms with Gasteiger partial charge in [0.05, 0.1) is 4.92 Å². The van der Waals surface area contributed by atoms with Crippen LogP contribution in [0.3, 0.4) is 0 Å². The van der Waals surface area contributed by atoms with Crippen LogP contribution in [0.15, 0.2) is 47.4 Å². The number of nitrogens with zero attached hydrogens (tertiary/aromatic N) is 1. The van der Waals surface area contributed by atoms with Crippen LogP contribution in [0.4, 0.5) is 11.4 Å². The Morgan fingerprint density at radius 1 is 1.16 bits per heavy atom. The van der Waals surface area contributed by atoms with Gasteiger partial charge in [0.2, 0.25) is 0 Å². The van der Waals surface area contributed by atoms with E-state index in [1.54, 1.807) is 6.07 Å². The van der Waals surface area contributed by atoms with Gasteiger partial charge in [-0.1, -0.05) is 30.3 Å². The van der Waals surface area contributed by atoms with Crippen LogP contribution in [0.2, 0.25) is 0 Å². The van der Waals surface area contributed by atoms with Crippen LogP contribution < -0.4 is 5.32 Å². The van der Waals surface area contributed by atoms with Gasteiger partial charge in [0.25, 0.3) is 0 Å². The molecule has 7 heteroatoms. The van der Waals surface area contributed by atoms with Crippen molar-refractivity contribution in [2.45, 2.75) is 30.1 Å². The fourth-order valence-corrected chi connectivity index (χ4v) is 4.14. The number of nitro benzene ring substituents is 1. The van der Waals surface area contributed by atoms with E-state index >= 15 is 0 Å². The number of para-hydroxylation sites is 1. The van der Waals surface area contributed by atoms with Gasteiger partial charge in [0, 0.05) is 18.2 Å². The molecule has 0 spiro atoms. The number of anilines is 1. The summed E-state index contributed by atoms with van der Waals surface area (Å²) in [6.07, 6.45) is 2.99. The van der Waals surface area contributed by atoms with Crippen molar-refractivity contribution in [2.75, 3.05) is 18.1 Å². The molecular weight excluding hydrogens is 340 g/mol. The first-order valence-corrected chi connectivity index (χ1v) is 9.91. The average molecular weight is 360 g/mol. The first-order chi connectivity index (χ1) is 11.7. The van der Waals surface area contributed by atoms with Crippen LogP contribution in [0.5, 0.6) is 0 Å². The van der Waals surface area contributed by atoms with Crippen LogP contribution in [-0.4, -0.2) is 26.1 Å². The fraction of sp³-hybridized carbons (Fsp3) is 0.333. The number of hydrogen-bond donors (Lipinski definition) is 1. The van der Waals surface area contributed by atoms with Crippen molar-refractivity contribution in [3.8, 4) is 0 Å². The van der Waals surface area contributed by atoms with E-state index < -0.39 is 14.8 Å². The van der Waals surface area contributed by atoms with Crippen molar-refractivity contribution in [3.05, 3.63) is 63.7 Å². The second-order valence-corrected chi connectivity index (χ2v) is 8.61. The summed E-state index contributed by atoms with van der Waals surface area (Å²) in [7, 11) is -3.68. The minimum Gasteiger partial charge on any atom is -0.379 e. The molecule has 1 aliphatic carbocycles. The molecule has 0 saturated heterocycles. The predicted octanol–water partition coefficient (Wildman–Crippen LogP) is 3.45. The number of rotatable bonds is 6. The molecule has 1 N–H and O–H groups in total. The van der Waals surface area contributed by atoms with Crippen LogP contribution in [0.1, 0.15) is 24.0 Å². The Balaban J connectivity index is 1.92. The van der Waals surface area contributed by atoms with Crippen LogP contribution in [0.25, 0.3) is 0 Å². The Hall–Kier alpha value is -2.41. The van der Waals surface area contributed by atoms with Gasteiger partial charge in [-0.3, -0.25) is 10.1 Å². The number of benzene rings is 2. The largest absolute Gasteiger partial charge is 0.379 e. The first kappa shape index (κ1) is 17.4. The van der Waals surface area contributed by atoms with E-state index in [0.717, 1.165) is 19.1 Å². The molecule has 1 saturated carbocycles. The minimum absolute atomic E-state index is 0.0414. The number of sulfone groups is 1. The summed E-state index contributed by atoms with van der Waals surface area (Å²) in [5, 5.41) is 14.6. The third-order valence-corrected chi connectivity index (χ3v) is 5.90. The van der Waals surface area contributed by atoms with Crippen molar-refractivity contribution in [3.63, 3.8) is 0 Å². The number of nitrogens with one attached hydrogen (secondary N) is 1. The van der Waals surface area contributed by atoms with Gasteiger partial charge in [0.15, 0.2) is 9.84 Å². The molecule has 2 aromatic carbocycles. The van der Waals surface area contributed by atoms with Gasteiger partial charge in [0.1, 0.15) is 10.6 Å². The highest BCUT2D eigenvalue weighted by Crippen LogP contribution is 2.49. The lowest BCUT2D eigenvalue weighted by atomic mass is 9.92. The molecule has 1 aliphatic rings. The smallest absolute Gasteiger partial charge is 0.310 e. The summed E-state index contributed by atoms with van der Waals surface area (Å²) < 4.78 is 23.7. The monoisotopic (exact) mass is 360 g/mol. The van der Waals surface area contributed by atoms with Crippen molar-refractivity contribution in [1.29, 1.82) is 0 Å². The average Bonchev–Trinajstić information content (AvgIpc) is 3.33. The summed E-state index contributed by atoms with van der Waals surface area (Å²) in [6, 6.07) is 12.5. The van der Waals surface area contributed by atoms with E-state index in [-0.39, 0.29) is 21.7 Å².